The van der Waals surface area contributed by atoms with E-state index in [1.54, 1.807) is 7.11 Å². The molecule has 1 saturated heterocycles. The average molecular weight is 274 g/mol. The van der Waals surface area contributed by atoms with Gasteiger partial charge in [-0.25, -0.2) is 0 Å². The Hall–Kier alpha value is -1.06. The molecule has 1 N–H and O–H groups in total. The zero-order valence-electron chi connectivity index (χ0n) is 12.7. The summed E-state index contributed by atoms with van der Waals surface area (Å²) in [5.74, 6) is 1.07. The second-order valence-corrected chi connectivity index (χ2v) is 6.28. The van der Waals surface area contributed by atoms with Gasteiger partial charge in [0.25, 0.3) is 0 Å². The molecule has 3 nitrogen and oxygen atoms in total. The van der Waals surface area contributed by atoms with E-state index in [2.05, 4.69) is 35.5 Å². The molecule has 0 bridgehead atoms. The number of benzene rings is 1. The SMILES string of the molecule is COc1cccc2c1CC(NC1CCN(C)CC1)CC2. The molecule has 0 aromatic heterocycles. The molecular formula is C17H26N2O. The van der Waals surface area contributed by atoms with Crippen molar-refractivity contribution in [3.05, 3.63) is 29.3 Å². The standard InChI is InChI=1S/C17H26N2O/c1-19-10-8-14(9-11-19)18-15-7-6-13-4-3-5-17(20-2)16(13)12-15/h3-5,14-15,18H,6-12H2,1-2H3. The van der Waals surface area contributed by atoms with Crippen molar-refractivity contribution >= 4 is 0 Å². The Morgan fingerprint density at radius 1 is 1.15 bits per heavy atom. The lowest BCUT2D eigenvalue weighted by Gasteiger charge is -2.34. The van der Waals surface area contributed by atoms with E-state index < -0.39 is 0 Å². The molecule has 20 heavy (non-hydrogen) atoms. The van der Waals surface area contributed by atoms with Gasteiger partial charge in [0.15, 0.2) is 0 Å². The van der Waals surface area contributed by atoms with Crippen LogP contribution in [0.4, 0.5) is 0 Å². The number of nitrogens with zero attached hydrogens (tertiary/aromatic N) is 1. The van der Waals surface area contributed by atoms with E-state index in [1.165, 1.54) is 49.9 Å². The Labute approximate surface area is 122 Å². The van der Waals surface area contributed by atoms with Crippen molar-refractivity contribution in [3.63, 3.8) is 0 Å². The quantitative estimate of drug-likeness (QED) is 0.915. The fraction of sp³-hybridized carbons (Fsp3) is 0.647. The molecule has 110 valence electrons. The Kier molecular flexibility index (Phi) is 4.27. The number of likely N-dealkylation sites (tertiary alicyclic amines) is 1. The molecule has 1 aromatic rings. The van der Waals surface area contributed by atoms with Crippen LogP contribution in [0.2, 0.25) is 0 Å². The van der Waals surface area contributed by atoms with Gasteiger partial charge in [-0.15, -0.1) is 0 Å². The first-order valence-electron chi connectivity index (χ1n) is 7.85. The highest BCUT2D eigenvalue weighted by Crippen LogP contribution is 2.30. The van der Waals surface area contributed by atoms with E-state index in [4.69, 9.17) is 4.74 Å². The van der Waals surface area contributed by atoms with Crippen LogP contribution in [0, 0.1) is 0 Å². The highest BCUT2D eigenvalue weighted by atomic mass is 16.5. The number of rotatable bonds is 3. The normalized spacial score (nSPS) is 24.4. The van der Waals surface area contributed by atoms with Gasteiger partial charge in [-0.1, -0.05) is 12.1 Å². The Morgan fingerprint density at radius 2 is 1.95 bits per heavy atom. The third-order valence-electron chi connectivity index (χ3n) is 4.85. The third kappa shape index (κ3) is 2.99. The first-order valence-corrected chi connectivity index (χ1v) is 7.85. The summed E-state index contributed by atoms with van der Waals surface area (Å²) in [5.41, 5.74) is 2.90. The minimum absolute atomic E-state index is 0.618. The van der Waals surface area contributed by atoms with Crippen LogP contribution in [0.5, 0.6) is 5.75 Å². The van der Waals surface area contributed by atoms with E-state index in [-0.39, 0.29) is 0 Å². The number of piperidine rings is 1. The summed E-state index contributed by atoms with van der Waals surface area (Å²) in [6, 6.07) is 7.78. The molecular weight excluding hydrogens is 248 g/mol. The van der Waals surface area contributed by atoms with E-state index in [1.807, 2.05) is 0 Å². The largest absolute Gasteiger partial charge is 0.496 e. The fourth-order valence-corrected chi connectivity index (χ4v) is 3.60. The maximum Gasteiger partial charge on any atom is 0.122 e. The number of hydrogen-bond donors (Lipinski definition) is 1. The van der Waals surface area contributed by atoms with Crippen LogP contribution in [0.3, 0.4) is 0 Å². The van der Waals surface area contributed by atoms with Crippen LogP contribution in [0.15, 0.2) is 18.2 Å². The van der Waals surface area contributed by atoms with Crippen molar-refractivity contribution in [1.82, 2.24) is 10.2 Å². The lowest BCUT2D eigenvalue weighted by Crippen LogP contribution is -2.46. The first kappa shape index (κ1) is 13.9. The first-order chi connectivity index (χ1) is 9.76. The van der Waals surface area contributed by atoms with Crippen molar-refractivity contribution in [2.75, 3.05) is 27.2 Å². The van der Waals surface area contributed by atoms with E-state index in [9.17, 15) is 0 Å². The zero-order valence-corrected chi connectivity index (χ0v) is 12.7. The van der Waals surface area contributed by atoms with Gasteiger partial charge in [0.2, 0.25) is 0 Å². The topological polar surface area (TPSA) is 24.5 Å². The Morgan fingerprint density at radius 3 is 2.70 bits per heavy atom. The third-order valence-corrected chi connectivity index (χ3v) is 4.85. The molecule has 1 fully saturated rings. The van der Waals surface area contributed by atoms with Crippen molar-refractivity contribution in [2.45, 2.75) is 44.2 Å². The van der Waals surface area contributed by atoms with Crippen LogP contribution in [0.1, 0.15) is 30.4 Å². The van der Waals surface area contributed by atoms with E-state index in [0.29, 0.717) is 12.1 Å². The van der Waals surface area contributed by atoms with Gasteiger partial charge in [-0.2, -0.15) is 0 Å². The second kappa shape index (κ2) is 6.15. The summed E-state index contributed by atoms with van der Waals surface area (Å²) in [5, 5.41) is 3.89. The van der Waals surface area contributed by atoms with Gasteiger partial charge in [-0.05, 0) is 69.4 Å². The molecule has 0 radical (unpaired) electrons. The molecule has 1 heterocycles. The minimum atomic E-state index is 0.618. The summed E-state index contributed by atoms with van der Waals surface area (Å²) in [4.78, 5) is 2.43. The van der Waals surface area contributed by atoms with E-state index in [0.717, 1.165) is 12.2 Å². The maximum atomic E-state index is 5.53. The average Bonchev–Trinajstić information content (AvgIpc) is 2.49. The Bertz CT molecular complexity index is 438. The van der Waals surface area contributed by atoms with Crippen molar-refractivity contribution in [1.29, 1.82) is 0 Å². The van der Waals surface area contributed by atoms with Crippen LogP contribution >= 0.6 is 0 Å². The molecule has 0 amide bonds. The number of aryl methyl sites for hydroxylation is 1. The van der Waals surface area contributed by atoms with Gasteiger partial charge in [0.1, 0.15) is 5.75 Å². The fourth-order valence-electron chi connectivity index (χ4n) is 3.60. The molecule has 3 rings (SSSR count). The second-order valence-electron chi connectivity index (χ2n) is 6.28. The molecule has 0 spiro atoms. The summed E-state index contributed by atoms with van der Waals surface area (Å²) in [6.07, 6.45) is 6.12. The highest BCUT2D eigenvalue weighted by molar-refractivity contribution is 5.42. The molecule has 1 atom stereocenters. The monoisotopic (exact) mass is 274 g/mol. The van der Waals surface area contributed by atoms with Crippen molar-refractivity contribution < 1.29 is 4.74 Å². The van der Waals surface area contributed by atoms with Gasteiger partial charge in [0, 0.05) is 12.1 Å². The summed E-state index contributed by atoms with van der Waals surface area (Å²) in [6.45, 7) is 2.45. The summed E-state index contributed by atoms with van der Waals surface area (Å²) >= 11 is 0. The van der Waals surface area contributed by atoms with Crippen LogP contribution in [-0.4, -0.2) is 44.2 Å². The number of ether oxygens (including phenoxy) is 1. The summed E-state index contributed by atoms with van der Waals surface area (Å²) in [7, 11) is 4.00. The zero-order chi connectivity index (χ0) is 13.9. The number of fused-ring (bicyclic) bond motifs is 1. The van der Waals surface area contributed by atoms with Gasteiger partial charge in [-0.3, -0.25) is 0 Å². The molecule has 1 unspecified atom stereocenters. The minimum Gasteiger partial charge on any atom is -0.496 e. The molecule has 0 saturated carbocycles. The molecule has 1 aromatic carbocycles. The van der Waals surface area contributed by atoms with Crippen molar-refractivity contribution in [3.8, 4) is 5.75 Å². The van der Waals surface area contributed by atoms with Gasteiger partial charge >= 0.3 is 0 Å². The lowest BCUT2D eigenvalue weighted by atomic mass is 9.87. The van der Waals surface area contributed by atoms with Crippen molar-refractivity contribution in [2.24, 2.45) is 0 Å². The molecule has 3 heteroatoms. The highest BCUT2D eigenvalue weighted by Gasteiger charge is 2.25. The molecule has 1 aliphatic carbocycles. The predicted molar refractivity (Wildman–Crippen MR) is 82.5 cm³/mol. The van der Waals surface area contributed by atoms with Gasteiger partial charge in [0.05, 0.1) is 7.11 Å². The maximum absolute atomic E-state index is 5.53. The lowest BCUT2D eigenvalue weighted by molar-refractivity contribution is 0.220. The van der Waals surface area contributed by atoms with Crippen LogP contribution < -0.4 is 10.1 Å². The molecule has 1 aliphatic heterocycles. The van der Waals surface area contributed by atoms with Crippen LogP contribution in [-0.2, 0) is 12.8 Å². The predicted octanol–water partition coefficient (Wildman–Crippen LogP) is 2.24. The molecule has 2 aliphatic rings. The smallest absolute Gasteiger partial charge is 0.122 e. The number of nitrogens with one attached hydrogen (secondary N) is 1. The number of hydrogen-bond acceptors (Lipinski definition) is 3. The van der Waals surface area contributed by atoms with Gasteiger partial charge < -0.3 is 15.0 Å². The van der Waals surface area contributed by atoms with E-state index >= 15 is 0 Å². The number of methoxy groups -OCH3 is 1. The van der Waals surface area contributed by atoms with Crippen LogP contribution in [0.25, 0.3) is 0 Å². The Balaban J connectivity index is 1.63. The summed E-state index contributed by atoms with van der Waals surface area (Å²) < 4.78 is 5.53.